The first-order valence-corrected chi connectivity index (χ1v) is 9.90. The van der Waals surface area contributed by atoms with E-state index in [2.05, 4.69) is 28.9 Å². The standard InChI is InChI=1S/C18H27ClN2.C2H2O4/c1-15-2-8-18(9-3-15)21-12-10-20(11-13-21)14-16-4-6-17(19)7-5-16;3-1(4)2(5)6/h4-7,15,18H,2-3,8-14H2,1H3;(H,3,4)(H,5,6). The highest BCUT2D eigenvalue weighted by Crippen LogP contribution is 2.27. The minimum absolute atomic E-state index is 0.829. The highest BCUT2D eigenvalue weighted by atomic mass is 35.5. The molecule has 3 rings (SSSR count). The van der Waals surface area contributed by atoms with Crippen LogP contribution in [0.5, 0.6) is 0 Å². The van der Waals surface area contributed by atoms with Crippen molar-refractivity contribution in [3.05, 3.63) is 34.9 Å². The van der Waals surface area contributed by atoms with Gasteiger partial charge in [-0.05, 0) is 49.3 Å². The second-order valence-electron chi connectivity index (χ2n) is 7.46. The van der Waals surface area contributed by atoms with Crippen molar-refractivity contribution in [2.75, 3.05) is 26.2 Å². The third-order valence-corrected chi connectivity index (χ3v) is 5.66. The van der Waals surface area contributed by atoms with Crippen LogP contribution in [0.4, 0.5) is 0 Å². The monoisotopic (exact) mass is 396 g/mol. The van der Waals surface area contributed by atoms with Gasteiger partial charge in [-0.2, -0.15) is 0 Å². The van der Waals surface area contributed by atoms with Gasteiger partial charge in [0, 0.05) is 43.8 Å². The first-order valence-electron chi connectivity index (χ1n) is 9.52. The van der Waals surface area contributed by atoms with E-state index in [4.69, 9.17) is 31.4 Å². The van der Waals surface area contributed by atoms with Gasteiger partial charge >= 0.3 is 11.9 Å². The average molecular weight is 397 g/mol. The minimum atomic E-state index is -1.82. The summed E-state index contributed by atoms with van der Waals surface area (Å²) in [6.45, 7) is 8.36. The van der Waals surface area contributed by atoms with Crippen molar-refractivity contribution in [3.8, 4) is 0 Å². The molecule has 7 heteroatoms. The summed E-state index contributed by atoms with van der Waals surface area (Å²) in [7, 11) is 0. The molecule has 0 amide bonds. The van der Waals surface area contributed by atoms with Crippen LogP contribution in [-0.2, 0) is 16.1 Å². The molecule has 0 bridgehead atoms. The molecule has 1 saturated heterocycles. The molecule has 2 fully saturated rings. The zero-order valence-electron chi connectivity index (χ0n) is 15.8. The Labute approximate surface area is 165 Å². The van der Waals surface area contributed by atoms with Gasteiger partial charge < -0.3 is 10.2 Å². The molecule has 27 heavy (non-hydrogen) atoms. The summed E-state index contributed by atoms with van der Waals surface area (Å²) in [5.41, 5.74) is 1.37. The molecule has 150 valence electrons. The number of carbonyl (C=O) groups is 2. The lowest BCUT2D eigenvalue weighted by Gasteiger charge is -2.41. The summed E-state index contributed by atoms with van der Waals surface area (Å²) < 4.78 is 0. The number of carboxylic acids is 2. The SMILES string of the molecule is CC1CCC(N2CCN(Cc3ccc(Cl)cc3)CC2)CC1.O=C(O)C(=O)O. The fourth-order valence-electron chi connectivity index (χ4n) is 3.74. The summed E-state index contributed by atoms with van der Waals surface area (Å²) in [5.74, 6) is -2.70. The predicted octanol–water partition coefficient (Wildman–Crippen LogP) is 3.19. The van der Waals surface area contributed by atoms with Gasteiger partial charge in [0.25, 0.3) is 0 Å². The van der Waals surface area contributed by atoms with Gasteiger partial charge in [0.05, 0.1) is 0 Å². The molecule has 0 radical (unpaired) electrons. The number of halogens is 1. The van der Waals surface area contributed by atoms with Crippen LogP contribution in [0, 0.1) is 5.92 Å². The normalized spacial score (nSPS) is 23.9. The van der Waals surface area contributed by atoms with E-state index < -0.39 is 11.9 Å². The number of hydrogen-bond acceptors (Lipinski definition) is 4. The van der Waals surface area contributed by atoms with E-state index in [1.807, 2.05) is 12.1 Å². The van der Waals surface area contributed by atoms with E-state index in [0.29, 0.717) is 0 Å². The smallest absolute Gasteiger partial charge is 0.414 e. The summed E-state index contributed by atoms with van der Waals surface area (Å²) in [6, 6.07) is 9.15. The molecule has 6 nitrogen and oxygen atoms in total. The Morgan fingerprint density at radius 1 is 0.963 bits per heavy atom. The average Bonchev–Trinajstić information content (AvgIpc) is 2.65. The Balaban J connectivity index is 0.000000380. The molecule has 1 aliphatic carbocycles. The van der Waals surface area contributed by atoms with Crippen LogP contribution in [0.15, 0.2) is 24.3 Å². The van der Waals surface area contributed by atoms with Crippen molar-refractivity contribution in [2.45, 2.75) is 45.2 Å². The lowest BCUT2D eigenvalue weighted by molar-refractivity contribution is -0.159. The number of benzene rings is 1. The molecule has 1 heterocycles. The Kier molecular flexibility index (Phi) is 8.54. The van der Waals surface area contributed by atoms with Gasteiger partial charge in [0.15, 0.2) is 0 Å². The van der Waals surface area contributed by atoms with Crippen molar-refractivity contribution in [3.63, 3.8) is 0 Å². The number of carboxylic acid groups (broad SMARTS) is 2. The van der Waals surface area contributed by atoms with Gasteiger partial charge in [0.2, 0.25) is 0 Å². The Morgan fingerprint density at radius 3 is 1.96 bits per heavy atom. The molecular formula is C20H29ClN2O4. The van der Waals surface area contributed by atoms with Crippen molar-refractivity contribution in [1.82, 2.24) is 9.80 Å². The van der Waals surface area contributed by atoms with Crippen LogP contribution in [0.2, 0.25) is 5.02 Å². The lowest BCUT2D eigenvalue weighted by atomic mass is 9.86. The fraction of sp³-hybridized carbons (Fsp3) is 0.600. The Morgan fingerprint density at radius 2 is 1.48 bits per heavy atom. The van der Waals surface area contributed by atoms with E-state index in [1.54, 1.807) is 0 Å². The molecule has 2 aliphatic rings. The van der Waals surface area contributed by atoms with E-state index in [-0.39, 0.29) is 0 Å². The second kappa shape index (κ2) is 10.6. The molecule has 0 aromatic heterocycles. The maximum Gasteiger partial charge on any atom is 0.414 e. The van der Waals surface area contributed by atoms with Crippen molar-refractivity contribution < 1.29 is 19.8 Å². The minimum Gasteiger partial charge on any atom is -0.473 e. The first kappa shape index (κ1) is 21.7. The zero-order valence-corrected chi connectivity index (χ0v) is 16.6. The topological polar surface area (TPSA) is 81.1 Å². The number of hydrogen-bond donors (Lipinski definition) is 2. The second-order valence-corrected chi connectivity index (χ2v) is 7.90. The first-order chi connectivity index (χ1) is 12.8. The van der Waals surface area contributed by atoms with E-state index >= 15 is 0 Å². The quantitative estimate of drug-likeness (QED) is 0.763. The summed E-state index contributed by atoms with van der Waals surface area (Å²) in [4.78, 5) is 23.5. The maximum atomic E-state index is 9.10. The van der Waals surface area contributed by atoms with Crippen molar-refractivity contribution >= 4 is 23.5 Å². The van der Waals surface area contributed by atoms with Crippen LogP contribution in [-0.4, -0.2) is 64.2 Å². The van der Waals surface area contributed by atoms with Gasteiger partial charge in [-0.1, -0.05) is 30.7 Å². The van der Waals surface area contributed by atoms with E-state index in [0.717, 1.165) is 23.5 Å². The van der Waals surface area contributed by atoms with Gasteiger partial charge in [-0.25, -0.2) is 9.59 Å². The molecular weight excluding hydrogens is 368 g/mol. The van der Waals surface area contributed by atoms with Crippen LogP contribution in [0.1, 0.15) is 38.2 Å². The van der Waals surface area contributed by atoms with E-state index in [1.165, 1.54) is 57.4 Å². The van der Waals surface area contributed by atoms with Gasteiger partial charge in [0.1, 0.15) is 0 Å². The zero-order chi connectivity index (χ0) is 19.8. The van der Waals surface area contributed by atoms with Crippen LogP contribution < -0.4 is 0 Å². The van der Waals surface area contributed by atoms with Crippen LogP contribution in [0.25, 0.3) is 0 Å². The van der Waals surface area contributed by atoms with Gasteiger partial charge in [-0.15, -0.1) is 0 Å². The van der Waals surface area contributed by atoms with Crippen LogP contribution in [0.3, 0.4) is 0 Å². The molecule has 1 aromatic carbocycles. The van der Waals surface area contributed by atoms with Gasteiger partial charge in [-0.3, -0.25) is 9.80 Å². The summed E-state index contributed by atoms with van der Waals surface area (Å²) in [5, 5.41) is 15.6. The number of rotatable bonds is 3. The molecule has 1 aromatic rings. The lowest BCUT2D eigenvalue weighted by Crippen LogP contribution is -2.50. The molecule has 2 N–H and O–H groups in total. The summed E-state index contributed by atoms with van der Waals surface area (Å²) in [6.07, 6.45) is 5.68. The fourth-order valence-corrected chi connectivity index (χ4v) is 3.87. The highest BCUT2D eigenvalue weighted by Gasteiger charge is 2.26. The number of aliphatic carboxylic acids is 2. The Bertz CT molecular complexity index is 595. The van der Waals surface area contributed by atoms with Crippen molar-refractivity contribution in [2.24, 2.45) is 5.92 Å². The molecule has 0 atom stereocenters. The number of piperazine rings is 1. The molecule has 1 saturated carbocycles. The highest BCUT2D eigenvalue weighted by molar-refractivity contribution is 6.30. The maximum absolute atomic E-state index is 9.10. The molecule has 0 unspecified atom stereocenters. The molecule has 0 spiro atoms. The van der Waals surface area contributed by atoms with E-state index in [9.17, 15) is 0 Å². The van der Waals surface area contributed by atoms with Crippen molar-refractivity contribution in [1.29, 1.82) is 0 Å². The molecule has 1 aliphatic heterocycles. The third kappa shape index (κ3) is 7.48. The third-order valence-electron chi connectivity index (χ3n) is 5.41. The predicted molar refractivity (Wildman–Crippen MR) is 105 cm³/mol. The number of nitrogens with zero attached hydrogens (tertiary/aromatic N) is 2. The van der Waals surface area contributed by atoms with Crippen LogP contribution >= 0.6 is 11.6 Å². The largest absolute Gasteiger partial charge is 0.473 e. The Hall–Kier alpha value is -1.63. The summed E-state index contributed by atoms with van der Waals surface area (Å²) >= 11 is 5.95.